The Kier molecular flexibility index (Phi) is 2.19. The average molecular weight is 244 g/mol. The highest BCUT2D eigenvalue weighted by molar-refractivity contribution is 5.67. The molecule has 8 heteroatoms. The zero-order valence-electron chi connectivity index (χ0n) is 9.03. The summed E-state index contributed by atoms with van der Waals surface area (Å²) in [7, 11) is 0. The van der Waals surface area contributed by atoms with E-state index in [9.17, 15) is 5.11 Å². The number of hydrogen-bond donors (Lipinski definition) is 3. The monoisotopic (exact) mass is 244 g/mol. The second kappa shape index (κ2) is 3.84. The Labute approximate surface area is 100 Å². The maximum Gasteiger partial charge on any atom is 0.262 e. The summed E-state index contributed by atoms with van der Waals surface area (Å²) in [5, 5.41) is 23.4. The predicted molar refractivity (Wildman–Crippen MR) is 61.2 cm³/mol. The minimum absolute atomic E-state index is 0.0228. The van der Waals surface area contributed by atoms with Gasteiger partial charge in [0.1, 0.15) is 5.75 Å². The number of rotatable bonds is 2. The number of phenolic OH excluding ortho intramolecular Hbond substituents is 1. The normalized spacial score (nSPS) is 10.7. The van der Waals surface area contributed by atoms with Gasteiger partial charge >= 0.3 is 0 Å². The number of H-pyrrole nitrogens is 1. The number of anilines is 1. The number of phenols is 1. The third kappa shape index (κ3) is 1.65. The number of nitrogens with one attached hydrogen (secondary N) is 1. The molecule has 2 aromatic heterocycles. The lowest BCUT2D eigenvalue weighted by atomic mass is 10.2. The quantitative estimate of drug-likeness (QED) is 0.569. The van der Waals surface area contributed by atoms with Crippen molar-refractivity contribution in [3.05, 3.63) is 24.4 Å². The van der Waals surface area contributed by atoms with Crippen LogP contribution in [0.5, 0.6) is 5.75 Å². The summed E-state index contributed by atoms with van der Waals surface area (Å²) in [5.41, 5.74) is 6.86. The first kappa shape index (κ1) is 10.3. The number of aromatic amines is 1. The van der Waals surface area contributed by atoms with E-state index in [1.165, 1.54) is 12.3 Å². The Bertz CT molecular complexity index is 676. The molecule has 0 saturated heterocycles. The summed E-state index contributed by atoms with van der Waals surface area (Å²) in [6.07, 6.45) is 1.47. The molecule has 0 atom stereocenters. The zero-order valence-corrected chi connectivity index (χ0v) is 9.03. The Morgan fingerprint density at radius 2 is 2.22 bits per heavy atom. The van der Waals surface area contributed by atoms with Gasteiger partial charge in [-0.1, -0.05) is 5.16 Å². The van der Waals surface area contributed by atoms with Gasteiger partial charge < -0.3 is 15.4 Å². The summed E-state index contributed by atoms with van der Waals surface area (Å²) in [6, 6.07) is 4.65. The molecule has 1 aromatic carbocycles. The first-order valence-electron chi connectivity index (χ1n) is 5.03. The van der Waals surface area contributed by atoms with E-state index < -0.39 is 0 Å². The third-order valence-corrected chi connectivity index (χ3v) is 2.32. The fraction of sp³-hybridized carbons (Fsp3) is 0. The van der Waals surface area contributed by atoms with Crippen molar-refractivity contribution in [2.45, 2.75) is 0 Å². The first-order valence-corrected chi connectivity index (χ1v) is 5.03. The van der Waals surface area contributed by atoms with E-state index in [-0.39, 0.29) is 17.5 Å². The standard InChI is InChI=1S/C10H8N6O2/c11-5-1-2-6(8(17)3-5)10-13-9(15-18-10)7-4-12-16-14-7/h1-4,17H,11H2,(H,12,14,16). The van der Waals surface area contributed by atoms with Gasteiger partial charge in [-0.15, -0.1) is 0 Å². The smallest absolute Gasteiger partial charge is 0.262 e. The minimum atomic E-state index is -0.0228. The fourth-order valence-electron chi connectivity index (χ4n) is 1.48. The van der Waals surface area contributed by atoms with Crippen LogP contribution in [-0.4, -0.2) is 30.7 Å². The average Bonchev–Trinajstić information content (AvgIpc) is 2.99. The summed E-state index contributed by atoms with van der Waals surface area (Å²) >= 11 is 0. The SMILES string of the molecule is Nc1ccc(-c2nc(-c3cn[nH]n3)no2)c(O)c1. The van der Waals surface area contributed by atoms with Crippen LogP contribution < -0.4 is 5.73 Å². The molecule has 0 aliphatic rings. The lowest BCUT2D eigenvalue weighted by Gasteiger charge is -1.99. The molecule has 0 saturated carbocycles. The fourth-order valence-corrected chi connectivity index (χ4v) is 1.48. The van der Waals surface area contributed by atoms with E-state index in [1.807, 2.05) is 0 Å². The van der Waals surface area contributed by atoms with Crippen LogP contribution in [0.2, 0.25) is 0 Å². The molecule has 2 heterocycles. The van der Waals surface area contributed by atoms with E-state index in [1.54, 1.807) is 12.1 Å². The van der Waals surface area contributed by atoms with Crippen LogP contribution in [0.15, 0.2) is 28.9 Å². The molecule has 0 aliphatic heterocycles. The molecule has 0 aliphatic carbocycles. The molecule has 4 N–H and O–H groups in total. The van der Waals surface area contributed by atoms with Crippen molar-refractivity contribution in [3.8, 4) is 28.7 Å². The minimum Gasteiger partial charge on any atom is -0.507 e. The van der Waals surface area contributed by atoms with Crippen molar-refractivity contribution in [2.75, 3.05) is 5.73 Å². The Balaban J connectivity index is 2.03. The highest BCUT2D eigenvalue weighted by atomic mass is 16.5. The Morgan fingerprint density at radius 3 is 2.94 bits per heavy atom. The molecule has 0 amide bonds. The summed E-state index contributed by atoms with van der Waals surface area (Å²) in [6.45, 7) is 0. The molecule has 8 nitrogen and oxygen atoms in total. The van der Waals surface area contributed by atoms with Crippen LogP contribution >= 0.6 is 0 Å². The van der Waals surface area contributed by atoms with E-state index in [2.05, 4.69) is 25.6 Å². The molecular weight excluding hydrogens is 236 g/mol. The summed E-state index contributed by atoms with van der Waals surface area (Å²) in [5.74, 6) is 0.450. The van der Waals surface area contributed by atoms with Gasteiger partial charge in [-0.25, -0.2) is 0 Å². The van der Waals surface area contributed by atoms with Crippen LogP contribution in [0.4, 0.5) is 5.69 Å². The van der Waals surface area contributed by atoms with Crippen molar-refractivity contribution in [1.29, 1.82) is 0 Å². The molecule has 0 radical (unpaired) electrons. The van der Waals surface area contributed by atoms with Gasteiger partial charge in [-0.2, -0.15) is 20.4 Å². The third-order valence-electron chi connectivity index (χ3n) is 2.32. The van der Waals surface area contributed by atoms with E-state index in [4.69, 9.17) is 10.3 Å². The van der Waals surface area contributed by atoms with Crippen molar-refractivity contribution < 1.29 is 9.63 Å². The molecule has 90 valence electrons. The zero-order chi connectivity index (χ0) is 12.5. The van der Waals surface area contributed by atoms with E-state index in [0.717, 1.165) is 0 Å². The van der Waals surface area contributed by atoms with Gasteiger partial charge in [-0.3, -0.25) is 0 Å². The molecule has 0 bridgehead atoms. The number of hydrogen-bond acceptors (Lipinski definition) is 7. The molecule has 0 spiro atoms. The van der Waals surface area contributed by atoms with Gasteiger partial charge in [-0.05, 0) is 12.1 Å². The maximum absolute atomic E-state index is 9.74. The van der Waals surface area contributed by atoms with Crippen LogP contribution in [-0.2, 0) is 0 Å². The van der Waals surface area contributed by atoms with E-state index >= 15 is 0 Å². The van der Waals surface area contributed by atoms with Crippen LogP contribution in [0, 0.1) is 0 Å². The number of aromatic nitrogens is 5. The summed E-state index contributed by atoms with van der Waals surface area (Å²) < 4.78 is 5.05. The molecule has 0 fully saturated rings. The number of aromatic hydroxyl groups is 1. The Hall–Kier alpha value is -2.90. The lowest BCUT2D eigenvalue weighted by molar-refractivity contribution is 0.425. The maximum atomic E-state index is 9.74. The number of nitrogens with two attached hydrogens (primary N) is 1. The molecule has 18 heavy (non-hydrogen) atoms. The number of nitrogen functional groups attached to an aromatic ring is 1. The number of nitrogens with zero attached hydrogens (tertiary/aromatic N) is 4. The predicted octanol–water partition coefficient (Wildman–Crippen LogP) is 0.809. The van der Waals surface area contributed by atoms with Gasteiger partial charge in [0.05, 0.1) is 11.8 Å². The highest BCUT2D eigenvalue weighted by Crippen LogP contribution is 2.30. The molecule has 3 aromatic rings. The van der Waals surface area contributed by atoms with Crippen LogP contribution in [0.25, 0.3) is 23.0 Å². The number of benzene rings is 1. The van der Waals surface area contributed by atoms with E-state index in [0.29, 0.717) is 16.9 Å². The molecule has 0 unspecified atom stereocenters. The van der Waals surface area contributed by atoms with Crippen LogP contribution in [0.3, 0.4) is 0 Å². The van der Waals surface area contributed by atoms with Gasteiger partial charge in [0, 0.05) is 11.8 Å². The van der Waals surface area contributed by atoms with Crippen LogP contribution in [0.1, 0.15) is 0 Å². The van der Waals surface area contributed by atoms with Crippen molar-refractivity contribution >= 4 is 5.69 Å². The van der Waals surface area contributed by atoms with Gasteiger partial charge in [0.15, 0.2) is 5.69 Å². The van der Waals surface area contributed by atoms with Crippen molar-refractivity contribution in [2.24, 2.45) is 0 Å². The topological polar surface area (TPSA) is 127 Å². The first-order chi connectivity index (χ1) is 8.74. The van der Waals surface area contributed by atoms with Gasteiger partial charge in [0.2, 0.25) is 5.82 Å². The largest absolute Gasteiger partial charge is 0.507 e. The second-order valence-corrected chi connectivity index (χ2v) is 3.55. The Morgan fingerprint density at radius 1 is 1.33 bits per heavy atom. The molecular formula is C10H8N6O2. The van der Waals surface area contributed by atoms with Gasteiger partial charge in [0.25, 0.3) is 5.89 Å². The summed E-state index contributed by atoms with van der Waals surface area (Å²) in [4.78, 5) is 4.11. The lowest BCUT2D eigenvalue weighted by Crippen LogP contribution is -1.86. The second-order valence-electron chi connectivity index (χ2n) is 3.55. The van der Waals surface area contributed by atoms with Crippen molar-refractivity contribution in [3.63, 3.8) is 0 Å². The van der Waals surface area contributed by atoms with Crippen molar-refractivity contribution in [1.82, 2.24) is 25.6 Å². The highest BCUT2D eigenvalue weighted by Gasteiger charge is 2.15. The molecule has 3 rings (SSSR count).